The molecule has 2 heteroatoms. The molecule has 2 nitrogen and oxygen atoms in total. The minimum absolute atomic E-state index is 0.0580. The number of carbonyl (C=O) groups is 1. The zero-order valence-electron chi connectivity index (χ0n) is 7.95. The molecule has 1 N–H and O–H groups in total. The summed E-state index contributed by atoms with van der Waals surface area (Å²) in [6.45, 7) is 3.40. The zero-order chi connectivity index (χ0) is 10.3. The number of allylic oxidation sites excluding steroid dienone is 6. The van der Waals surface area contributed by atoms with Crippen LogP contribution < -0.4 is 0 Å². The molecule has 0 bridgehead atoms. The van der Waals surface area contributed by atoms with Gasteiger partial charge in [0.1, 0.15) is 0 Å². The van der Waals surface area contributed by atoms with E-state index in [0.29, 0.717) is 0 Å². The maximum Gasteiger partial charge on any atom is 0.328 e. The lowest BCUT2D eigenvalue weighted by Gasteiger charge is -1.74. The second-order valence-corrected chi connectivity index (χ2v) is 1.56. The van der Waals surface area contributed by atoms with Crippen molar-refractivity contribution in [3.8, 4) is 0 Å². The van der Waals surface area contributed by atoms with Crippen LogP contribution in [0.25, 0.3) is 0 Å². The lowest BCUT2D eigenvalue weighted by atomic mass is 10.4. The molecular weight excluding hydrogens is 140 g/mol. The maximum atomic E-state index is 10.1. The minimum atomic E-state index is -1.13. The Labute approximate surface area is 68.7 Å². The Bertz CT molecular complexity index is 288. The predicted molar refractivity (Wildman–Crippen MR) is 45.3 cm³/mol. The van der Waals surface area contributed by atoms with E-state index >= 15 is 0 Å². The van der Waals surface area contributed by atoms with Crippen LogP contribution in [-0.4, -0.2) is 11.1 Å². The van der Waals surface area contributed by atoms with E-state index in [-0.39, 0.29) is 12.1 Å². The highest BCUT2D eigenvalue weighted by Crippen LogP contribution is 1.80. The first-order valence-electron chi connectivity index (χ1n) is 3.95. The Morgan fingerprint density at radius 2 is 2.00 bits per heavy atom. The normalized spacial score (nSPS) is 16.0. The van der Waals surface area contributed by atoms with E-state index in [2.05, 4.69) is 6.58 Å². The van der Waals surface area contributed by atoms with Crippen molar-refractivity contribution >= 4 is 5.97 Å². The quantitative estimate of drug-likeness (QED) is 0.496. The number of aliphatic carboxylic acids is 1. The molecule has 0 amide bonds. The second-order valence-electron chi connectivity index (χ2n) is 1.56. The maximum absolute atomic E-state index is 10.1. The number of hydrogen-bond acceptors (Lipinski definition) is 1. The van der Waals surface area contributed by atoms with Crippen LogP contribution in [0.2, 0.25) is 0 Å². The molecule has 0 atom stereocenters. The van der Waals surface area contributed by atoms with Crippen molar-refractivity contribution in [2.75, 3.05) is 0 Å². The molecule has 0 fully saturated rings. The van der Waals surface area contributed by atoms with Gasteiger partial charge in [-0.1, -0.05) is 43.0 Å². The topological polar surface area (TPSA) is 37.3 Å². The fraction of sp³-hybridized carbons (Fsp3) is 0. The van der Waals surface area contributed by atoms with E-state index in [0.717, 1.165) is 12.2 Å². The average molecular weight is 154 g/mol. The van der Waals surface area contributed by atoms with Gasteiger partial charge in [-0.25, -0.2) is 4.79 Å². The molecule has 0 aliphatic rings. The molecule has 0 aromatic rings. The summed E-state index contributed by atoms with van der Waals surface area (Å²) in [4.78, 5) is 10.1. The first-order valence-corrected chi connectivity index (χ1v) is 2.95. The van der Waals surface area contributed by atoms with Crippen LogP contribution in [-0.2, 0) is 4.79 Å². The molecule has 0 rings (SSSR count). The monoisotopic (exact) mass is 154 g/mol. The number of rotatable bonds is 4. The van der Waals surface area contributed by atoms with E-state index in [9.17, 15) is 4.79 Å². The van der Waals surface area contributed by atoms with Crippen LogP contribution in [0.5, 0.6) is 0 Å². The third kappa shape index (κ3) is 8.43. The molecule has 0 spiro atoms. The van der Waals surface area contributed by atoms with Gasteiger partial charge >= 0.3 is 5.97 Å². The van der Waals surface area contributed by atoms with Gasteiger partial charge in [-0.3, -0.25) is 0 Å². The van der Waals surface area contributed by atoms with Gasteiger partial charge in [0.05, 0.1) is 2.74 Å². The van der Waals surface area contributed by atoms with Crippen molar-refractivity contribution in [2.24, 2.45) is 0 Å². The van der Waals surface area contributed by atoms with E-state index in [4.69, 9.17) is 7.85 Å². The van der Waals surface area contributed by atoms with Gasteiger partial charge in [-0.05, 0) is 0 Å². The highest BCUT2D eigenvalue weighted by Gasteiger charge is 1.78. The summed E-state index contributed by atoms with van der Waals surface area (Å²) in [5.74, 6) is -1.13. The summed E-state index contributed by atoms with van der Waals surface area (Å²) < 4.78 is 14.4. The van der Waals surface area contributed by atoms with Crippen molar-refractivity contribution in [2.45, 2.75) is 0 Å². The molecule has 11 heavy (non-hydrogen) atoms. The Balaban J connectivity index is 4.52. The van der Waals surface area contributed by atoms with Gasteiger partial charge < -0.3 is 5.11 Å². The first kappa shape index (κ1) is 6.16. The second kappa shape index (κ2) is 6.55. The van der Waals surface area contributed by atoms with Gasteiger partial charge in [-0.2, -0.15) is 0 Å². The Kier molecular flexibility index (Phi) is 3.67. The smallest absolute Gasteiger partial charge is 0.328 e. The van der Waals surface area contributed by atoms with Gasteiger partial charge in [0.15, 0.2) is 0 Å². The van der Waals surface area contributed by atoms with E-state index in [1.165, 1.54) is 18.2 Å². The lowest BCUT2D eigenvalue weighted by molar-refractivity contribution is -0.131. The fourth-order valence-electron chi connectivity index (χ4n) is 0.325. The molecule has 0 aromatic carbocycles. The fourth-order valence-corrected chi connectivity index (χ4v) is 0.325. The number of carboxylic acids is 1. The molecule has 0 aliphatic heterocycles. The van der Waals surface area contributed by atoms with Crippen LogP contribution in [0.3, 0.4) is 0 Å². The SMILES string of the molecule is [3H]C(C=CC=C)=C([3H])C=CC(=O)O. The summed E-state index contributed by atoms with van der Waals surface area (Å²) in [7, 11) is 0. The van der Waals surface area contributed by atoms with E-state index < -0.39 is 5.97 Å². The van der Waals surface area contributed by atoms with Gasteiger partial charge in [0.2, 0.25) is 0 Å². The highest BCUT2D eigenvalue weighted by atomic mass is 16.4. The molecule has 0 saturated heterocycles. The van der Waals surface area contributed by atoms with Crippen LogP contribution in [0.15, 0.2) is 49.1 Å². The third-order valence-electron chi connectivity index (χ3n) is 0.708. The van der Waals surface area contributed by atoms with Crippen LogP contribution in [0.4, 0.5) is 0 Å². The number of carboxylic acid groups (broad SMARTS) is 1. The highest BCUT2D eigenvalue weighted by molar-refractivity contribution is 5.80. The molecule has 0 radical (unpaired) electrons. The Morgan fingerprint density at radius 1 is 1.36 bits per heavy atom. The largest absolute Gasteiger partial charge is 0.478 e. The molecule has 0 aromatic heterocycles. The first-order chi connectivity index (χ1) is 6.07. The van der Waals surface area contributed by atoms with Crippen molar-refractivity contribution in [1.82, 2.24) is 0 Å². The third-order valence-corrected chi connectivity index (χ3v) is 0.708. The van der Waals surface area contributed by atoms with Gasteiger partial charge in [-0.15, -0.1) is 0 Å². The average Bonchev–Trinajstić information content (AvgIpc) is 2.10. The number of hydrogen-bond donors (Lipinski definition) is 1. The zero-order valence-corrected chi connectivity index (χ0v) is 5.95. The molecular formula is C9H10O2. The van der Waals surface area contributed by atoms with E-state index in [1.807, 2.05) is 0 Å². The van der Waals surface area contributed by atoms with Crippen LogP contribution in [0.1, 0.15) is 2.74 Å². The Morgan fingerprint density at radius 3 is 2.55 bits per heavy atom. The van der Waals surface area contributed by atoms with Gasteiger partial charge in [0, 0.05) is 6.08 Å². The minimum Gasteiger partial charge on any atom is -0.478 e. The van der Waals surface area contributed by atoms with Crippen LogP contribution >= 0.6 is 0 Å². The molecule has 0 aliphatic carbocycles. The van der Waals surface area contributed by atoms with Gasteiger partial charge in [0.25, 0.3) is 0 Å². The van der Waals surface area contributed by atoms with Crippen LogP contribution in [0, 0.1) is 0 Å². The Hall–Kier alpha value is -1.57. The summed E-state index contributed by atoms with van der Waals surface area (Å²) in [6, 6.07) is -0.210. The molecule has 0 unspecified atom stereocenters. The van der Waals surface area contributed by atoms with Crippen molar-refractivity contribution in [1.29, 1.82) is 0 Å². The van der Waals surface area contributed by atoms with Crippen molar-refractivity contribution in [3.63, 3.8) is 0 Å². The predicted octanol–water partition coefficient (Wildman–Crippen LogP) is 1.93. The van der Waals surface area contributed by atoms with Crippen molar-refractivity contribution < 1.29 is 12.6 Å². The summed E-state index contributed by atoms with van der Waals surface area (Å²) in [5, 5.41) is 8.23. The summed E-state index contributed by atoms with van der Waals surface area (Å²) >= 11 is 0. The van der Waals surface area contributed by atoms with Crippen molar-refractivity contribution in [3.05, 3.63) is 49.1 Å². The van der Waals surface area contributed by atoms with E-state index in [1.54, 1.807) is 0 Å². The molecule has 58 valence electrons. The molecule has 0 heterocycles. The standard InChI is InChI=1S/C9H10O2/c1-2-3-4-5-6-7-8-9(10)11/h2-8H,1H2,(H,10,11)/i5T,6T. The summed E-state index contributed by atoms with van der Waals surface area (Å²) in [6.07, 6.45) is 6.21. The molecule has 0 saturated carbocycles. The summed E-state index contributed by atoms with van der Waals surface area (Å²) in [5.41, 5.74) is 0. The lowest BCUT2D eigenvalue weighted by Crippen LogP contribution is -1.84.